The molecule has 8 atom stereocenters. The normalized spacial score (nSPS) is 26.0. The quantitative estimate of drug-likeness (QED) is 0.0593. The van der Waals surface area contributed by atoms with Crippen molar-refractivity contribution >= 4 is 34.4 Å². The number of ether oxygens (including phenoxy) is 2. The molecule has 332 valence electrons. The number of aromatic nitrogens is 4. The number of nitrogens with one attached hydrogen (secondary N) is 2. The average molecular weight is 855 g/mol. The lowest BCUT2D eigenvalue weighted by Gasteiger charge is -2.24. The van der Waals surface area contributed by atoms with Gasteiger partial charge < -0.3 is 34.7 Å². The van der Waals surface area contributed by atoms with E-state index in [0.29, 0.717) is 6.42 Å². The van der Waals surface area contributed by atoms with Crippen LogP contribution in [0.1, 0.15) is 125 Å². The molecule has 58 heavy (non-hydrogen) atoms. The minimum absolute atomic E-state index is 0. The molecule has 2 unspecified atom stereocenters. The Morgan fingerprint density at radius 1 is 0.793 bits per heavy atom. The Bertz CT molecular complexity index is 1650. The second kappa shape index (κ2) is 25.8. The largest absolute Gasteiger partial charge is 0.394 e. The summed E-state index contributed by atoms with van der Waals surface area (Å²) in [6, 6.07) is 2.55. The maximum Gasteiger partial charge on any atom is 0.351 e. The molecule has 0 bridgehead atoms. The number of hydrogen-bond donors (Lipinski definition) is 7. The molecule has 0 aromatic carbocycles. The molecule has 0 spiro atoms. The Hall–Kier alpha value is -3.63. The number of halogens is 3. The van der Waals surface area contributed by atoms with Crippen molar-refractivity contribution in [3.8, 4) is 0 Å². The van der Waals surface area contributed by atoms with Gasteiger partial charge in [0.1, 0.15) is 24.4 Å². The topological polar surface area (TPSA) is 257 Å². The summed E-state index contributed by atoms with van der Waals surface area (Å²) in [6.07, 6.45) is 5.75. The van der Waals surface area contributed by atoms with Gasteiger partial charge in [0.05, 0.1) is 13.2 Å². The van der Waals surface area contributed by atoms with E-state index in [9.17, 15) is 38.2 Å². The van der Waals surface area contributed by atoms with Crippen molar-refractivity contribution < 1.29 is 58.3 Å². The standard InChI is InChI=1S/C18H28FN3O6.C10H14FN3O5.C8H15ClO.CH4/c1-3-4-5-6-7-8-14(24)28-21-13-9-10-22(17(26)20-13)16-18(2,19)15(25)12(11-23)27-16;1-10(11)7(16)5(4-15)19-8(10)14-3-2-6(13-18)12-9(14)17;1-2-3-4-5-6-7-8(9)10;/h9-10,12,15-16,23,25H,3-8,11H2,1-2H3,(H,20,21,26);2-3,5,7-8,15-16,18H,4H2,1H3,(H,12,13,17);2-7H2,1H3;1H4/t12-,15?,16-,18-;5-,7?,8-,10-;;/m11../s1. The molecule has 7 N–H and O–H groups in total. The lowest BCUT2D eigenvalue weighted by molar-refractivity contribution is -0.140. The van der Waals surface area contributed by atoms with Crippen LogP contribution in [0.25, 0.3) is 0 Å². The van der Waals surface area contributed by atoms with Crippen LogP contribution in [0.2, 0.25) is 0 Å². The molecule has 0 aliphatic carbocycles. The lowest BCUT2D eigenvalue weighted by Crippen LogP contribution is -2.42. The molecule has 2 aromatic rings. The number of hydrogen-bond acceptors (Lipinski definition) is 16. The van der Waals surface area contributed by atoms with Gasteiger partial charge in [-0.1, -0.05) is 72.6 Å². The Morgan fingerprint density at radius 2 is 1.21 bits per heavy atom. The fourth-order valence-electron chi connectivity index (χ4n) is 5.93. The third-order valence-electron chi connectivity index (χ3n) is 9.30. The Kier molecular flexibility index (Phi) is 23.3. The van der Waals surface area contributed by atoms with Crippen LogP contribution in [0.5, 0.6) is 0 Å². The van der Waals surface area contributed by atoms with Gasteiger partial charge in [-0.2, -0.15) is 9.97 Å². The van der Waals surface area contributed by atoms with Gasteiger partial charge in [0.15, 0.2) is 35.4 Å². The van der Waals surface area contributed by atoms with Gasteiger partial charge >= 0.3 is 17.3 Å². The molecule has 2 fully saturated rings. The van der Waals surface area contributed by atoms with Crippen LogP contribution in [0, 0.1) is 0 Å². The van der Waals surface area contributed by atoms with Crippen molar-refractivity contribution in [3.63, 3.8) is 0 Å². The minimum Gasteiger partial charge on any atom is -0.394 e. The zero-order valence-electron chi connectivity index (χ0n) is 32.7. The number of aliphatic hydroxyl groups excluding tert-OH is 4. The van der Waals surface area contributed by atoms with Gasteiger partial charge in [-0.25, -0.2) is 28.6 Å². The molecular weight excluding hydrogens is 794 g/mol. The van der Waals surface area contributed by atoms with Crippen molar-refractivity contribution in [2.45, 2.75) is 160 Å². The van der Waals surface area contributed by atoms with E-state index >= 15 is 0 Å². The molecule has 4 rings (SSSR count). The third kappa shape index (κ3) is 15.2. The zero-order valence-corrected chi connectivity index (χ0v) is 33.4. The fourth-order valence-corrected chi connectivity index (χ4v) is 6.06. The van der Waals surface area contributed by atoms with Gasteiger partial charge in [-0.15, -0.1) is 0 Å². The number of aliphatic hydroxyl groups is 4. The summed E-state index contributed by atoms with van der Waals surface area (Å²) < 4.78 is 41.3. The van der Waals surface area contributed by atoms with Crippen molar-refractivity contribution in [1.29, 1.82) is 0 Å². The highest BCUT2D eigenvalue weighted by Gasteiger charge is 2.56. The second-order valence-electron chi connectivity index (χ2n) is 14.0. The summed E-state index contributed by atoms with van der Waals surface area (Å²) in [7, 11) is 0. The SMILES string of the molecule is C.CCCCCCCC(=O)Cl.CCCCCCCC(=O)ONc1ccn([C@@H]2O[C@H](CO)C(O)[C@@]2(C)F)c(=O)n1.C[C@@]1(F)C(O)[C@@H](CO)O[C@H]1n1ccc(NO)nc1=O. The summed E-state index contributed by atoms with van der Waals surface area (Å²) in [5.41, 5.74) is -2.28. The first-order chi connectivity index (χ1) is 27.0. The summed E-state index contributed by atoms with van der Waals surface area (Å²) in [5, 5.41) is 46.1. The van der Waals surface area contributed by atoms with Crippen molar-refractivity contribution in [3.05, 3.63) is 45.5 Å². The number of alkyl halides is 2. The molecule has 2 aliphatic rings. The van der Waals surface area contributed by atoms with E-state index in [1.807, 2.05) is 0 Å². The minimum atomic E-state index is -2.29. The van der Waals surface area contributed by atoms with Crippen LogP contribution in [0.3, 0.4) is 0 Å². The maximum absolute atomic E-state index is 14.8. The number of nitrogens with zero attached hydrogens (tertiary/aromatic N) is 4. The van der Waals surface area contributed by atoms with E-state index in [0.717, 1.165) is 67.9 Å². The Morgan fingerprint density at radius 3 is 1.59 bits per heavy atom. The highest BCUT2D eigenvalue weighted by molar-refractivity contribution is 6.63. The molecule has 2 aromatic heterocycles. The molecule has 2 aliphatic heterocycles. The van der Waals surface area contributed by atoms with E-state index in [2.05, 4.69) is 29.3 Å². The van der Waals surface area contributed by atoms with E-state index in [4.69, 9.17) is 41.3 Å². The number of anilines is 2. The van der Waals surface area contributed by atoms with Gasteiger partial charge in [-0.3, -0.25) is 24.6 Å². The molecule has 4 heterocycles. The highest BCUT2D eigenvalue weighted by Crippen LogP contribution is 2.41. The van der Waals surface area contributed by atoms with Gasteiger partial charge in [-0.05, 0) is 44.4 Å². The van der Waals surface area contributed by atoms with E-state index in [1.165, 1.54) is 43.8 Å². The predicted octanol–water partition coefficient (Wildman–Crippen LogP) is 4.22. The van der Waals surface area contributed by atoms with E-state index < -0.39 is 78.8 Å². The molecule has 0 radical (unpaired) electrons. The highest BCUT2D eigenvalue weighted by atomic mass is 35.5. The first kappa shape index (κ1) is 52.4. The molecule has 18 nitrogen and oxygen atoms in total. The van der Waals surface area contributed by atoms with Crippen molar-refractivity contribution in [1.82, 2.24) is 19.1 Å². The van der Waals surface area contributed by atoms with Crippen LogP contribution >= 0.6 is 11.6 Å². The second-order valence-corrected chi connectivity index (χ2v) is 14.4. The van der Waals surface area contributed by atoms with Crippen LogP contribution in [-0.4, -0.2) is 105 Å². The number of carbonyl (C=O) groups excluding carboxylic acids is 2. The summed E-state index contributed by atoms with van der Waals surface area (Å²) in [6.45, 7) is 5.27. The molecule has 21 heteroatoms. The number of carbonyl (C=O) groups is 2. The lowest BCUT2D eigenvalue weighted by atomic mass is 9.98. The van der Waals surface area contributed by atoms with E-state index in [1.54, 1.807) is 5.48 Å². The molecule has 0 saturated carbocycles. The fraction of sp³-hybridized carbons (Fsp3) is 0.730. The van der Waals surface area contributed by atoms with Crippen LogP contribution in [0.4, 0.5) is 20.4 Å². The summed E-state index contributed by atoms with van der Waals surface area (Å²) >= 11 is 5.15. The Labute approximate surface area is 341 Å². The molecule has 2 saturated heterocycles. The summed E-state index contributed by atoms with van der Waals surface area (Å²) in [5.74, 6) is -0.579. The zero-order chi connectivity index (χ0) is 42.8. The van der Waals surface area contributed by atoms with Crippen LogP contribution < -0.4 is 22.3 Å². The van der Waals surface area contributed by atoms with E-state index in [-0.39, 0.29) is 30.7 Å². The van der Waals surface area contributed by atoms with Gasteiger partial charge in [0.25, 0.3) is 0 Å². The van der Waals surface area contributed by atoms with Crippen molar-refractivity contribution in [2.75, 3.05) is 24.2 Å². The first-order valence-electron chi connectivity index (χ1n) is 19.0. The van der Waals surface area contributed by atoms with Gasteiger partial charge in [0, 0.05) is 31.3 Å². The predicted molar refractivity (Wildman–Crippen MR) is 209 cm³/mol. The van der Waals surface area contributed by atoms with Crippen LogP contribution in [0.15, 0.2) is 34.1 Å². The average Bonchev–Trinajstić information content (AvgIpc) is 3.55. The van der Waals surface area contributed by atoms with Crippen LogP contribution in [-0.2, 0) is 23.9 Å². The number of rotatable bonds is 19. The Balaban J connectivity index is 0.000000483. The smallest absolute Gasteiger partial charge is 0.351 e. The number of unbranched alkanes of at least 4 members (excludes halogenated alkanes) is 8. The monoisotopic (exact) mass is 854 g/mol. The molecule has 0 amide bonds. The van der Waals surface area contributed by atoms with Gasteiger partial charge in [0.2, 0.25) is 5.24 Å². The molecular formula is C37H61ClF2N6O12. The third-order valence-corrected chi connectivity index (χ3v) is 9.49. The van der Waals surface area contributed by atoms with Crippen molar-refractivity contribution in [2.24, 2.45) is 0 Å². The summed E-state index contributed by atoms with van der Waals surface area (Å²) in [4.78, 5) is 57.8. The first-order valence-corrected chi connectivity index (χ1v) is 19.4. The maximum atomic E-state index is 14.8.